The Kier molecular flexibility index (Phi) is 7.14. The first kappa shape index (κ1) is 20.9. The van der Waals surface area contributed by atoms with E-state index in [0.717, 1.165) is 11.1 Å². The largest absolute Gasteiger partial charge is 0.493 e. The molecule has 2 amide bonds. The second-order valence-electron chi connectivity index (χ2n) is 5.76. The normalized spacial score (nSPS) is 10.4. The van der Waals surface area contributed by atoms with Gasteiger partial charge in [-0.05, 0) is 43.2 Å². The number of aryl methyl sites for hydroxylation is 2. The number of nitrogens with one attached hydrogen (secondary N) is 2. The van der Waals surface area contributed by atoms with Crippen molar-refractivity contribution in [2.75, 3.05) is 13.7 Å². The van der Waals surface area contributed by atoms with Gasteiger partial charge in [0.05, 0.1) is 7.11 Å². The van der Waals surface area contributed by atoms with Crippen LogP contribution in [-0.2, 0) is 4.79 Å². The molecular weight excluding hydrogens is 374 g/mol. The number of methoxy groups -OCH3 is 1. The number of carbonyl (C=O) groups is 2. The fourth-order valence-electron chi connectivity index (χ4n) is 2.40. The molecule has 0 saturated carbocycles. The number of hydrazine groups is 1. The van der Waals surface area contributed by atoms with Crippen molar-refractivity contribution in [2.45, 2.75) is 20.5 Å². The van der Waals surface area contributed by atoms with Gasteiger partial charge in [-0.25, -0.2) is 0 Å². The summed E-state index contributed by atoms with van der Waals surface area (Å²) in [6, 6.07) is 9.24. The van der Waals surface area contributed by atoms with Gasteiger partial charge in [-0.2, -0.15) is 8.78 Å². The molecule has 0 aliphatic rings. The molecule has 2 rings (SSSR count). The molecule has 0 spiro atoms. The van der Waals surface area contributed by atoms with Gasteiger partial charge in [0.2, 0.25) is 0 Å². The van der Waals surface area contributed by atoms with E-state index in [-0.39, 0.29) is 23.7 Å². The molecule has 0 aromatic heterocycles. The SMILES string of the molecule is COc1cc(C(=O)NNC(=O)COc2c(C)cccc2C)ccc1OC(F)F. The van der Waals surface area contributed by atoms with Crippen LogP contribution >= 0.6 is 0 Å². The van der Waals surface area contributed by atoms with Crippen LogP contribution in [0, 0.1) is 13.8 Å². The zero-order valence-electron chi connectivity index (χ0n) is 15.5. The Balaban J connectivity index is 1.91. The molecule has 0 fully saturated rings. The van der Waals surface area contributed by atoms with Crippen molar-refractivity contribution in [1.29, 1.82) is 0 Å². The molecule has 2 aromatic carbocycles. The van der Waals surface area contributed by atoms with E-state index in [1.54, 1.807) is 0 Å². The lowest BCUT2D eigenvalue weighted by molar-refractivity contribution is -0.123. The molecule has 0 aliphatic carbocycles. The Morgan fingerprint density at radius 1 is 1.04 bits per heavy atom. The average Bonchev–Trinajstić information content (AvgIpc) is 2.65. The smallest absolute Gasteiger partial charge is 0.387 e. The van der Waals surface area contributed by atoms with Crippen LogP contribution in [0.1, 0.15) is 21.5 Å². The van der Waals surface area contributed by atoms with Gasteiger partial charge in [-0.15, -0.1) is 0 Å². The number of hydrogen-bond acceptors (Lipinski definition) is 5. The Hall–Kier alpha value is -3.36. The van der Waals surface area contributed by atoms with Gasteiger partial charge in [-0.3, -0.25) is 20.4 Å². The molecule has 0 radical (unpaired) electrons. The van der Waals surface area contributed by atoms with Crippen molar-refractivity contribution in [3.8, 4) is 17.2 Å². The average molecular weight is 394 g/mol. The number of alkyl halides is 2. The van der Waals surface area contributed by atoms with Crippen molar-refractivity contribution in [1.82, 2.24) is 10.9 Å². The van der Waals surface area contributed by atoms with E-state index in [1.165, 1.54) is 25.3 Å². The number of halogens is 2. The number of benzene rings is 2. The van der Waals surface area contributed by atoms with Crippen molar-refractivity contribution < 1.29 is 32.6 Å². The summed E-state index contributed by atoms with van der Waals surface area (Å²) >= 11 is 0. The minimum atomic E-state index is -3.02. The first-order chi connectivity index (χ1) is 13.3. The van der Waals surface area contributed by atoms with Gasteiger partial charge >= 0.3 is 6.61 Å². The van der Waals surface area contributed by atoms with Gasteiger partial charge in [0, 0.05) is 5.56 Å². The van der Waals surface area contributed by atoms with Gasteiger partial charge in [-0.1, -0.05) is 18.2 Å². The van der Waals surface area contributed by atoms with E-state index in [1.807, 2.05) is 32.0 Å². The van der Waals surface area contributed by atoms with Crippen LogP contribution in [0.3, 0.4) is 0 Å². The number of rotatable bonds is 7. The van der Waals surface area contributed by atoms with E-state index in [4.69, 9.17) is 9.47 Å². The molecule has 0 atom stereocenters. The van der Waals surface area contributed by atoms with Crippen LogP contribution in [0.25, 0.3) is 0 Å². The lowest BCUT2D eigenvalue weighted by Crippen LogP contribution is -2.43. The third-order valence-electron chi connectivity index (χ3n) is 3.71. The topological polar surface area (TPSA) is 85.9 Å². The molecule has 2 aromatic rings. The molecule has 0 saturated heterocycles. The van der Waals surface area contributed by atoms with Crippen LogP contribution in [0.5, 0.6) is 17.2 Å². The summed E-state index contributed by atoms with van der Waals surface area (Å²) in [7, 11) is 1.25. The van der Waals surface area contributed by atoms with E-state index in [9.17, 15) is 18.4 Å². The van der Waals surface area contributed by atoms with Crippen molar-refractivity contribution in [2.24, 2.45) is 0 Å². The Labute approximate surface area is 160 Å². The monoisotopic (exact) mass is 394 g/mol. The van der Waals surface area contributed by atoms with E-state index >= 15 is 0 Å². The van der Waals surface area contributed by atoms with E-state index in [2.05, 4.69) is 15.6 Å². The quantitative estimate of drug-likeness (QED) is 0.706. The highest BCUT2D eigenvalue weighted by molar-refractivity contribution is 5.96. The van der Waals surface area contributed by atoms with Crippen LogP contribution in [0.15, 0.2) is 36.4 Å². The Bertz CT molecular complexity index is 838. The Morgan fingerprint density at radius 2 is 1.71 bits per heavy atom. The number of amides is 2. The molecule has 0 heterocycles. The highest BCUT2D eigenvalue weighted by Crippen LogP contribution is 2.29. The maximum atomic E-state index is 12.3. The molecule has 0 unspecified atom stereocenters. The summed E-state index contributed by atoms with van der Waals surface area (Å²) < 4.78 is 39.4. The van der Waals surface area contributed by atoms with Crippen molar-refractivity contribution in [3.63, 3.8) is 0 Å². The predicted molar refractivity (Wildman–Crippen MR) is 96.6 cm³/mol. The maximum absolute atomic E-state index is 12.3. The summed E-state index contributed by atoms with van der Waals surface area (Å²) in [4.78, 5) is 24.0. The fraction of sp³-hybridized carbons (Fsp3) is 0.263. The minimum Gasteiger partial charge on any atom is -0.493 e. The molecule has 9 heteroatoms. The summed E-state index contributed by atoms with van der Waals surface area (Å²) in [6.07, 6.45) is 0. The lowest BCUT2D eigenvalue weighted by Gasteiger charge is -2.13. The van der Waals surface area contributed by atoms with Gasteiger partial charge in [0.15, 0.2) is 18.1 Å². The first-order valence-corrected chi connectivity index (χ1v) is 8.23. The highest BCUT2D eigenvalue weighted by Gasteiger charge is 2.15. The van der Waals surface area contributed by atoms with Crippen molar-refractivity contribution in [3.05, 3.63) is 53.1 Å². The van der Waals surface area contributed by atoms with E-state index < -0.39 is 18.4 Å². The summed E-state index contributed by atoms with van der Waals surface area (Å²) in [5, 5.41) is 0. The summed E-state index contributed by atoms with van der Waals surface area (Å²) in [5.41, 5.74) is 6.28. The van der Waals surface area contributed by atoms with Crippen LogP contribution in [0.4, 0.5) is 8.78 Å². The van der Waals surface area contributed by atoms with E-state index in [0.29, 0.717) is 5.75 Å². The van der Waals surface area contributed by atoms with Gasteiger partial charge < -0.3 is 14.2 Å². The zero-order chi connectivity index (χ0) is 20.7. The van der Waals surface area contributed by atoms with Crippen LogP contribution in [-0.4, -0.2) is 32.1 Å². The number of hydrogen-bond donors (Lipinski definition) is 2. The van der Waals surface area contributed by atoms with Crippen LogP contribution < -0.4 is 25.1 Å². The first-order valence-electron chi connectivity index (χ1n) is 8.23. The van der Waals surface area contributed by atoms with Crippen LogP contribution in [0.2, 0.25) is 0 Å². The number of ether oxygens (including phenoxy) is 3. The highest BCUT2D eigenvalue weighted by atomic mass is 19.3. The zero-order valence-corrected chi connectivity index (χ0v) is 15.5. The lowest BCUT2D eigenvalue weighted by atomic mass is 10.1. The third-order valence-corrected chi connectivity index (χ3v) is 3.71. The summed E-state index contributed by atoms with van der Waals surface area (Å²) in [6.45, 7) is 0.397. The van der Waals surface area contributed by atoms with Gasteiger partial charge in [0.25, 0.3) is 11.8 Å². The minimum absolute atomic E-state index is 0.0439. The maximum Gasteiger partial charge on any atom is 0.387 e. The molecule has 7 nitrogen and oxygen atoms in total. The molecule has 0 bridgehead atoms. The second kappa shape index (κ2) is 9.54. The van der Waals surface area contributed by atoms with Gasteiger partial charge in [0.1, 0.15) is 5.75 Å². The molecule has 2 N–H and O–H groups in total. The fourth-order valence-corrected chi connectivity index (χ4v) is 2.40. The Morgan fingerprint density at radius 3 is 2.32 bits per heavy atom. The number of carbonyl (C=O) groups excluding carboxylic acids is 2. The number of para-hydroxylation sites is 1. The molecular formula is C19H20F2N2O5. The molecule has 0 aliphatic heterocycles. The summed E-state index contributed by atoms with van der Waals surface area (Å²) in [5.74, 6) is -0.885. The molecule has 150 valence electrons. The third kappa shape index (κ3) is 5.57. The van der Waals surface area contributed by atoms with Crippen molar-refractivity contribution >= 4 is 11.8 Å². The predicted octanol–water partition coefficient (Wildman–Crippen LogP) is 2.75. The second-order valence-corrected chi connectivity index (χ2v) is 5.76. The standard InChI is InChI=1S/C19H20F2N2O5/c1-11-5-4-6-12(2)17(11)27-10-16(24)22-23-18(25)13-7-8-14(28-19(20)21)15(9-13)26-3/h4-9,19H,10H2,1-3H3,(H,22,24)(H,23,25). The molecule has 28 heavy (non-hydrogen) atoms.